The summed E-state index contributed by atoms with van der Waals surface area (Å²) in [5.74, 6) is -0.224. The Balaban J connectivity index is 1.80. The molecule has 2 amide bonds. The predicted molar refractivity (Wildman–Crippen MR) is 97.9 cm³/mol. The molecule has 0 spiro atoms. The molecule has 0 heterocycles. The first-order valence-corrected chi connectivity index (χ1v) is 8.14. The van der Waals surface area contributed by atoms with E-state index in [2.05, 4.69) is 16.2 Å². The fourth-order valence-electron chi connectivity index (χ4n) is 2.06. The van der Waals surface area contributed by atoms with Gasteiger partial charge in [0.2, 0.25) is 5.91 Å². The molecule has 0 unspecified atom stereocenters. The molecule has 0 atom stereocenters. The Hall–Kier alpha value is -2.44. The van der Waals surface area contributed by atoms with Crippen molar-refractivity contribution in [1.82, 2.24) is 10.9 Å². The van der Waals surface area contributed by atoms with Crippen molar-refractivity contribution < 1.29 is 14.3 Å². The van der Waals surface area contributed by atoms with Crippen molar-refractivity contribution in [3.63, 3.8) is 0 Å². The molecule has 0 aromatic heterocycles. The summed E-state index contributed by atoms with van der Waals surface area (Å²) < 4.78 is 5.18. The third kappa shape index (κ3) is 5.55. The number of benzene rings is 2. The second-order valence-electron chi connectivity index (χ2n) is 5.03. The van der Waals surface area contributed by atoms with Gasteiger partial charge in [0.1, 0.15) is 5.75 Å². The van der Waals surface area contributed by atoms with Crippen LogP contribution in [0, 0.1) is 0 Å². The quantitative estimate of drug-likeness (QED) is 0.672. The van der Waals surface area contributed by atoms with Gasteiger partial charge in [-0.25, -0.2) is 0 Å². The van der Waals surface area contributed by atoms with Gasteiger partial charge in [-0.1, -0.05) is 41.4 Å². The SMILES string of the molecule is COc1ccccc1NCC(=O)NNC(=O)Cc1c(Cl)cccc1Cl. The van der Waals surface area contributed by atoms with Crippen LogP contribution >= 0.6 is 23.2 Å². The van der Waals surface area contributed by atoms with Gasteiger partial charge in [-0.05, 0) is 29.8 Å². The summed E-state index contributed by atoms with van der Waals surface area (Å²) in [4.78, 5) is 23.7. The number of hydrazine groups is 1. The van der Waals surface area contributed by atoms with E-state index in [0.29, 0.717) is 27.0 Å². The minimum atomic E-state index is -0.430. The third-order valence-electron chi connectivity index (χ3n) is 3.29. The Bertz CT molecular complexity index is 748. The van der Waals surface area contributed by atoms with Crippen LogP contribution in [0.25, 0.3) is 0 Å². The summed E-state index contributed by atoms with van der Waals surface area (Å²) in [6.07, 6.45) is -0.0429. The molecule has 0 fully saturated rings. The highest BCUT2D eigenvalue weighted by atomic mass is 35.5. The van der Waals surface area contributed by atoms with E-state index in [1.807, 2.05) is 12.1 Å². The normalized spacial score (nSPS) is 10.0. The minimum Gasteiger partial charge on any atom is -0.495 e. The smallest absolute Gasteiger partial charge is 0.257 e. The van der Waals surface area contributed by atoms with E-state index in [-0.39, 0.29) is 13.0 Å². The number of carbonyl (C=O) groups is 2. The van der Waals surface area contributed by atoms with Gasteiger partial charge in [-0.3, -0.25) is 20.4 Å². The number of hydrogen-bond acceptors (Lipinski definition) is 4. The Morgan fingerprint density at radius 1 is 0.960 bits per heavy atom. The van der Waals surface area contributed by atoms with Crippen molar-refractivity contribution in [3.8, 4) is 5.75 Å². The molecule has 2 rings (SSSR count). The molecule has 25 heavy (non-hydrogen) atoms. The van der Waals surface area contributed by atoms with Crippen LogP contribution < -0.4 is 20.9 Å². The molecule has 0 saturated carbocycles. The lowest BCUT2D eigenvalue weighted by atomic mass is 10.1. The number of methoxy groups -OCH3 is 1. The summed E-state index contributed by atoms with van der Waals surface area (Å²) in [5.41, 5.74) is 5.82. The van der Waals surface area contributed by atoms with Crippen molar-refractivity contribution in [2.75, 3.05) is 19.0 Å². The van der Waals surface area contributed by atoms with Crippen molar-refractivity contribution >= 4 is 40.7 Å². The number of ether oxygens (including phenoxy) is 1. The molecule has 0 radical (unpaired) electrons. The highest BCUT2D eigenvalue weighted by Gasteiger charge is 2.11. The van der Waals surface area contributed by atoms with E-state index >= 15 is 0 Å². The monoisotopic (exact) mass is 381 g/mol. The topological polar surface area (TPSA) is 79.5 Å². The molecule has 8 heteroatoms. The van der Waals surface area contributed by atoms with Crippen molar-refractivity contribution in [2.45, 2.75) is 6.42 Å². The van der Waals surface area contributed by atoms with E-state index in [1.165, 1.54) is 0 Å². The van der Waals surface area contributed by atoms with Gasteiger partial charge in [-0.15, -0.1) is 0 Å². The number of halogens is 2. The number of rotatable bonds is 6. The summed E-state index contributed by atoms with van der Waals surface area (Å²) >= 11 is 12.0. The van der Waals surface area contributed by atoms with Crippen LogP contribution in [-0.4, -0.2) is 25.5 Å². The average Bonchev–Trinajstić information content (AvgIpc) is 2.61. The second-order valence-corrected chi connectivity index (χ2v) is 5.84. The highest BCUT2D eigenvalue weighted by Crippen LogP contribution is 2.24. The molecule has 6 nitrogen and oxygen atoms in total. The van der Waals surface area contributed by atoms with Gasteiger partial charge in [0.05, 0.1) is 25.8 Å². The molecule has 0 aliphatic rings. The fraction of sp³-hybridized carbons (Fsp3) is 0.176. The minimum absolute atomic E-state index is 0.0342. The molecule has 2 aromatic carbocycles. The maximum Gasteiger partial charge on any atom is 0.257 e. The summed E-state index contributed by atoms with van der Waals surface area (Å²) in [7, 11) is 1.54. The van der Waals surface area contributed by atoms with E-state index < -0.39 is 11.8 Å². The van der Waals surface area contributed by atoms with E-state index in [9.17, 15) is 9.59 Å². The van der Waals surface area contributed by atoms with Crippen molar-refractivity contribution in [2.24, 2.45) is 0 Å². The first-order valence-electron chi connectivity index (χ1n) is 7.38. The number of hydrogen-bond donors (Lipinski definition) is 3. The molecule has 2 aromatic rings. The zero-order valence-corrected chi connectivity index (χ0v) is 14.9. The Morgan fingerprint density at radius 3 is 2.28 bits per heavy atom. The van der Waals surface area contributed by atoms with Crippen molar-refractivity contribution in [1.29, 1.82) is 0 Å². The van der Waals surface area contributed by atoms with Gasteiger partial charge in [0.15, 0.2) is 0 Å². The van der Waals surface area contributed by atoms with E-state index in [1.54, 1.807) is 37.4 Å². The molecule has 0 bridgehead atoms. The number of anilines is 1. The molecule has 0 saturated heterocycles. The van der Waals surface area contributed by atoms with Gasteiger partial charge in [-0.2, -0.15) is 0 Å². The molecule has 0 aliphatic carbocycles. The van der Waals surface area contributed by atoms with Crippen LogP contribution in [0.1, 0.15) is 5.56 Å². The zero-order valence-electron chi connectivity index (χ0n) is 13.4. The maximum atomic E-state index is 11.9. The second kappa shape index (κ2) is 9.15. The van der Waals surface area contributed by atoms with Crippen molar-refractivity contribution in [3.05, 3.63) is 58.1 Å². The van der Waals surface area contributed by atoms with Crippen LogP contribution in [0.2, 0.25) is 10.0 Å². The number of nitrogens with one attached hydrogen (secondary N) is 3. The zero-order chi connectivity index (χ0) is 18.2. The molecular formula is C17H17Cl2N3O3. The fourth-order valence-corrected chi connectivity index (χ4v) is 2.59. The highest BCUT2D eigenvalue weighted by molar-refractivity contribution is 6.36. The lowest BCUT2D eigenvalue weighted by molar-refractivity contribution is -0.127. The number of para-hydroxylation sites is 2. The standard InChI is InChI=1S/C17H17Cl2N3O3/c1-25-15-8-3-2-7-14(15)20-10-17(24)22-21-16(23)9-11-12(18)5-4-6-13(11)19/h2-8,20H,9-10H2,1H3,(H,21,23)(H,22,24). The summed E-state index contributed by atoms with van der Waals surface area (Å²) in [5, 5.41) is 3.72. The Morgan fingerprint density at radius 2 is 1.60 bits per heavy atom. The molecule has 3 N–H and O–H groups in total. The lowest BCUT2D eigenvalue weighted by Crippen LogP contribution is -2.44. The van der Waals surface area contributed by atoms with Crippen LogP contribution in [0.4, 0.5) is 5.69 Å². The first-order chi connectivity index (χ1) is 12.0. The lowest BCUT2D eigenvalue weighted by Gasteiger charge is -2.12. The predicted octanol–water partition coefficient (Wildman–Crippen LogP) is 2.80. The molecular weight excluding hydrogens is 365 g/mol. The van der Waals surface area contributed by atoms with Gasteiger partial charge in [0, 0.05) is 10.0 Å². The molecule has 0 aliphatic heterocycles. The maximum absolute atomic E-state index is 11.9. The van der Waals surface area contributed by atoms with Crippen LogP contribution in [-0.2, 0) is 16.0 Å². The van der Waals surface area contributed by atoms with Crippen LogP contribution in [0.3, 0.4) is 0 Å². The summed E-state index contributed by atoms with van der Waals surface area (Å²) in [6.45, 7) is -0.0342. The van der Waals surface area contributed by atoms with Crippen LogP contribution in [0.15, 0.2) is 42.5 Å². The van der Waals surface area contributed by atoms with Gasteiger partial charge in [0.25, 0.3) is 5.91 Å². The third-order valence-corrected chi connectivity index (χ3v) is 3.99. The van der Waals surface area contributed by atoms with E-state index in [4.69, 9.17) is 27.9 Å². The number of carbonyl (C=O) groups excluding carboxylic acids is 2. The van der Waals surface area contributed by atoms with Gasteiger partial charge < -0.3 is 10.1 Å². The average molecular weight is 382 g/mol. The first kappa shape index (κ1) is 18.9. The molecule has 132 valence electrons. The van der Waals surface area contributed by atoms with E-state index in [0.717, 1.165) is 0 Å². The largest absolute Gasteiger partial charge is 0.495 e. The van der Waals surface area contributed by atoms with Crippen LogP contribution in [0.5, 0.6) is 5.75 Å². The number of amides is 2. The summed E-state index contributed by atoms with van der Waals surface area (Å²) in [6, 6.07) is 12.2. The Labute approximate surface area is 155 Å². The Kier molecular flexibility index (Phi) is 6.91. The van der Waals surface area contributed by atoms with Gasteiger partial charge >= 0.3 is 0 Å².